The van der Waals surface area contributed by atoms with Crippen molar-refractivity contribution in [3.05, 3.63) is 36.5 Å². The van der Waals surface area contributed by atoms with Crippen LogP contribution in [0.2, 0.25) is 0 Å². The van der Waals surface area contributed by atoms with Crippen LogP contribution < -0.4 is 5.32 Å². The van der Waals surface area contributed by atoms with Crippen LogP contribution in [0.5, 0.6) is 0 Å². The highest BCUT2D eigenvalue weighted by Crippen LogP contribution is 2.01. The van der Waals surface area contributed by atoms with Crippen molar-refractivity contribution in [3.63, 3.8) is 0 Å². The van der Waals surface area contributed by atoms with Crippen molar-refractivity contribution in [2.45, 2.75) is 19.3 Å². The van der Waals surface area contributed by atoms with E-state index in [2.05, 4.69) is 11.9 Å². The summed E-state index contributed by atoms with van der Waals surface area (Å²) in [5.74, 6) is 0. The lowest BCUT2D eigenvalue weighted by molar-refractivity contribution is 0.520. The first-order valence-corrected chi connectivity index (χ1v) is 4.64. The third-order valence-electron chi connectivity index (χ3n) is 1.94. The van der Waals surface area contributed by atoms with Crippen LogP contribution in [0, 0.1) is 0 Å². The second kappa shape index (κ2) is 5.78. The molecule has 1 aliphatic heterocycles. The Kier molecular flexibility index (Phi) is 4.47. The van der Waals surface area contributed by atoms with E-state index in [-0.39, 0.29) is 0 Å². The Morgan fingerprint density at radius 2 is 1.58 bits per heavy atom. The van der Waals surface area contributed by atoms with Crippen LogP contribution in [-0.4, -0.2) is 13.1 Å². The van der Waals surface area contributed by atoms with Gasteiger partial charge in [0.25, 0.3) is 0 Å². The molecule has 66 valence electrons. The fourth-order valence-corrected chi connectivity index (χ4v) is 1.22. The fourth-order valence-electron chi connectivity index (χ4n) is 1.22. The third-order valence-corrected chi connectivity index (χ3v) is 1.94. The molecule has 1 fully saturated rings. The molecule has 0 aromatic carbocycles. The van der Waals surface area contributed by atoms with Gasteiger partial charge in [-0.2, -0.15) is 0 Å². The van der Waals surface area contributed by atoms with Crippen molar-refractivity contribution >= 4 is 0 Å². The van der Waals surface area contributed by atoms with Crippen LogP contribution >= 0.6 is 0 Å². The number of hydrogen-bond acceptors (Lipinski definition) is 1. The standard InChI is InChI=1S/C6H6.C5H11N/c1-6-4-2-3-5-6;1-2-4-6-5-3-1/h2-5H,1H2;6H,1-5H2. The van der Waals surface area contributed by atoms with Gasteiger partial charge >= 0.3 is 0 Å². The molecular weight excluding hydrogens is 146 g/mol. The monoisotopic (exact) mass is 163 g/mol. The second-order valence-corrected chi connectivity index (χ2v) is 3.10. The summed E-state index contributed by atoms with van der Waals surface area (Å²) < 4.78 is 0. The molecule has 1 heteroatoms. The van der Waals surface area contributed by atoms with Crippen molar-refractivity contribution in [3.8, 4) is 0 Å². The lowest BCUT2D eigenvalue weighted by atomic mass is 10.2. The number of rotatable bonds is 0. The molecule has 1 aliphatic carbocycles. The lowest BCUT2D eigenvalue weighted by Crippen LogP contribution is -2.21. The summed E-state index contributed by atoms with van der Waals surface area (Å²) in [7, 11) is 0. The van der Waals surface area contributed by atoms with Gasteiger partial charge in [0, 0.05) is 0 Å². The van der Waals surface area contributed by atoms with Crippen LogP contribution in [0.25, 0.3) is 0 Å². The molecule has 1 N–H and O–H groups in total. The Balaban J connectivity index is 0.000000120. The van der Waals surface area contributed by atoms with Gasteiger partial charge in [-0.25, -0.2) is 0 Å². The van der Waals surface area contributed by atoms with Gasteiger partial charge < -0.3 is 5.32 Å². The highest BCUT2D eigenvalue weighted by atomic mass is 14.9. The van der Waals surface area contributed by atoms with Gasteiger partial charge in [0.05, 0.1) is 0 Å². The molecule has 2 aliphatic rings. The van der Waals surface area contributed by atoms with Crippen LogP contribution in [0.15, 0.2) is 36.5 Å². The summed E-state index contributed by atoms with van der Waals surface area (Å²) in [6.45, 7) is 6.18. The van der Waals surface area contributed by atoms with Gasteiger partial charge in [0.15, 0.2) is 0 Å². The van der Waals surface area contributed by atoms with E-state index < -0.39 is 0 Å². The minimum atomic E-state index is 1.09. The molecule has 0 aromatic heterocycles. The number of piperidine rings is 1. The van der Waals surface area contributed by atoms with Crippen LogP contribution in [0.4, 0.5) is 0 Å². The quantitative estimate of drug-likeness (QED) is 0.578. The van der Waals surface area contributed by atoms with E-state index in [0.717, 1.165) is 5.57 Å². The fraction of sp³-hybridized carbons (Fsp3) is 0.455. The second-order valence-electron chi connectivity index (χ2n) is 3.10. The highest BCUT2D eigenvalue weighted by molar-refractivity contribution is 5.37. The van der Waals surface area contributed by atoms with E-state index in [0.29, 0.717) is 0 Å². The highest BCUT2D eigenvalue weighted by Gasteiger charge is 1.93. The maximum atomic E-state index is 3.68. The summed E-state index contributed by atoms with van der Waals surface area (Å²) in [5.41, 5.74) is 1.09. The molecule has 0 aromatic rings. The molecule has 0 atom stereocenters. The van der Waals surface area contributed by atoms with Gasteiger partial charge in [-0.1, -0.05) is 37.3 Å². The van der Waals surface area contributed by atoms with Crippen LogP contribution in [-0.2, 0) is 0 Å². The van der Waals surface area contributed by atoms with E-state index in [1.54, 1.807) is 0 Å². The smallest absolute Gasteiger partial charge is 0.00489 e. The average Bonchev–Trinajstić information content (AvgIpc) is 2.60. The Morgan fingerprint density at radius 1 is 1.00 bits per heavy atom. The zero-order valence-corrected chi connectivity index (χ0v) is 7.55. The predicted molar refractivity (Wildman–Crippen MR) is 54.1 cm³/mol. The van der Waals surface area contributed by atoms with Gasteiger partial charge in [-0.3, -0.25) is 0 Å². The van der Waals surface area contributed by atoms with E-state index in [9.17, 15) is 0 Å². The Morgan fingerprint density at radius 3 is 1.75 bits per heavy atom. The van der Waals surface area contributed by atoms with E-state index >= 15 is 0 Å². The van der Waals surface area contributed by atoms with Crippen molar-refractivity contribution in [2.24, 2.45) is 0 Å². The molecule has 2 rings (SSSR count). The largest absolute Gasteiger partial charge is 0.317 e. The first-order valence-electron chi connectivity index (χ1n) is 4.64. The molecule has 1 heterocycles. The topological polar surface area (TPSA) is 12.0 Å². The number of nitrogens with one attached hydrogen (secondary N) is 1. The summed E-state index contributed by atoms with van der Waals surface area (Å²) in [5, 5.41) is 3.28. The van der Waals surface area contributed by atoms with E-state index in [1.807, 2.05) is 24.3 Å². The summed E-state index contributed by atoms with van der Waals surface area (Å²) in [6, 6.07) is 0. The van der Waals surface area contributed by atoms with Crippen molar-refractivity contribution in [1.82, 2.24) is 5.32 Å². The summed E-state index contributed by atoms with van der Waals surface area (Å²) in [6.07, 6.45) is 12.1. The molecule has 1 saturated heterocycles. The first-order chi connectivity index (χ1) is 5.89. The normalized spacial score (nSPS) is 20.5. The average molecular weight is 163 g/mol. The van der Waals surface area contributed by atoms with Gasteiger partial charge in [-0.05, 0) is 31.5 Å². The molecule has 0 bridgehead atoms. The Bertz CT molecular complexity index is 160. The molecule has 0 saturated carbocycles. The van der Waals surface area contributed by atoms with Crippen LogP contribution in [0.1, 0.15) is 19.3 Å². The van der Waals surface area contributed by atoms with Crippen molar-refractivity contribution < 1.29 is 0 Å². The predicted octanol–water partition coefficient (Wildman–Crippen LogP) is 2.43. The van der Waals surface area contributed by atoms with E-state index in [4.69, 9.17) is 0 Å². The summed E-state index contributed by atoms with van der Waals surface area (Å²) >= 11 is 0. The Hall–Kier alpha value is -0.820. The number of hydrogen-bond donors (Lipinski definition) is 1. The number of allylic oxidation sites excluding steroid dienone is 5. The first kappa shape index (κ1) is 9.27. The minimum absolute atomic E-state index is 1.09. The lowest BCUT2D eigenvalue weighted by Gasteiger charge is -2.08. The van der Waals surface area contributed by atoms with E-state index in [1.165, 1.54) is 32.4 Å². The zero-order valence-electron chi connectivity index (χ0n) is 7.55. The maximum absolute atomic E-state index is 3.68. The maximum Gasteiger partial charge on any atom is -0.00489 e. The van der Waals surface area contributed by atoms with Crippen molar-refractivity contribution in [2.75, 3.05) is 13.1 Å². The van der Waals surface area contributed by atoms with Gasteiger partial charge in [0.2, 0.25) is 0 Å². The molecule has 1 nitrogen and oxygen atoms in total. The molecule has 0 unspecified atom stereocenters. The molecule has 0 spiro atoms. The third kappa shape index (κ3) is 4.14. The minimum Gasteiger partial charge on any atom is -0.317 e. The van der Waals surface area contributed by atoms with Crippen molar-refractivity contribution in [1.29, 1.82) is 0 Å². The Labute approximate surface area is 74.9 Å². The zero-order chi connectivity index (χ0) is 8.65. The van der Waals surface area contributed by atoms with Gasteiger partial charge in [0.1, 0.15) is 0 Å². The summed E-state index contributed by atoms with van der Waals surface area (Å²) in [4.78, 5) is 0. The SMILES string of the molecule is C1CCNCC1.C=C1C=CC=C1. The van der Waals surface area contributed by atoms with Crippen LogP contribution in [0.3, 0.4) is 0 Å². The molecule has 0 amide bonds. The van der Waals surface area contributed by atoms with Gasteiger partial charge in [-0.15, -0.1) is 0 Å². The molecule has 12 heavy (non-hydrogen) atoms. The molecule has 0 radical (unpaired) electrons. The molecular formula is C11H17N.